The highest BCUT2D eigenvalue weighted by atomic mass is 35.5. The lowest BCUT2D eigenvalue weighted by Gasteiger charge is -2.19. The van der Waals surface area contributed by atoms with E-state index < -0.39 is 39.1 Å². The van der Waals surface area contributed by atoms with E-state index in [1.54, 1.807) is 24.3 Å². The van der Waals surface area contributed by atoms with Gasteiger partial charge < -0.3 is 5.32 Å². The molecule has 1 N–H and O–H groups in total. The Hall–Kier alpha value is -2.62. The summed E-state index contributed by atoms with van der Waals surface area (Å²) in [7, 11) is -3.35. The highest BCUT2D eigenvalue weighted by Crippen LogP contribution is 2.34. The zero-order chi connectivity index (χ0) is 22.1. The molecule has 3 aromatic carbocycles. The maximum atomic E-state index is 13.0. The molecule has 0 heterocycles. The molecule has 0 unspecified atom stereocenters. The number of nitrogens with zero attached hydrogens (tertiary/aromatic N) is 1. The van der Waals surface area contributed by atoms with E-state index in [1.165, 1.54) is 0 Å². The number of likely N-dealkylation sites (N-methyl/N-ethyl adjacent to an activating group) is 1. The van der Waals surface area contributed by atoms with Crippen molar-refractivity contribution >= 4 is 44.0 Å². The highest BCUT2D eigenvalue weighted by molar-refractivity contribution is 7.89. The van der Waals surface area contributed by atoms with Gasteiger partial charge in [-0.15, -0.1) is 0 Å². The minimum Gasteiger partial charge on any atom is -0.324 e. The van der Waals surface area contributed by atoms with Crippen molar-refractivity contribution in [3.8, 4) is 0 Å². The van der Waals surface area contributed by atoms with Gasteiger partial charge in [0.05, 0.1) is 17.1 Å². The number of benzene rings is 3. The molecule has 3 rings (SSSR count). The van der Waals surface area contributed by atoms with E-state index in [0.29, 0.717) is 22.1 Å². The van der Waals surface area contributed by atoms with E-state index in [-0.39, 0.29) is 5.02 Å². The summed E-state index contributed by atoms with van der Waals surface area (Å²) < 4.78 is 65.0. The Morgan fingerprint density at radius 3 is 2.43 bits per heavy atom. The first kappa shape index (κ1) is 22.1. The number of alkyl halides is 3. The molecule has 1 amide bonds. The lowest BCUT2D eigenvalue weighted by atomic mass is 10.1. The fourth-order valence-electron chi connectivity index (χ4n) is 2.86. The Kier molecular flexibility index (Phi) is 6.07. The van der Waals surface area contributed by atoms with Crippen molar-refractivity contribution in [1.29, 1.82) is 0 Å². The summed E-state index contributed by atoms with van der Waals surface area (Å²) in [6.45, 7) is -0.613. The molecule has 0 aromatic heterocycles. The van der Waals surface area contributed by atoms with Gasteiger partial charge in [-0.1, -0.05) is 48.0 Å². The van der Waals surface area contributed by atoms with Crippen molar-refractivity contribution in [1.82, 2.24) is 4.31 Å². The molecule has 3 aromatic rings. The van der Waals surface area contributed by atoms with E-state index in [4.69, 9.17) is 11.6 Å². The number of fused-ring (bicyclic) bond motifs is 1. The number of rotatable bonds is 5. The molecule has 0 aliphatic heterocycles. The van der Waals surface area contributed by atoms with Crippen LogP contribution in [0.15, 0.2) is 65.6 Å². The molecule has 0 saturated heterocycles. The summed E-state index contributed by atoms with van der Waals surface area (Å²) in [6, 6.07) is 14.6. The number of sulfonamides is 1. The number of anilines is 1. The number of halogens is 4. The van der Waals surface area contributed by atoms with Crippen LogP contribution in [0, 0.1) is 0 Å². The van der Waals surface area contributed by atoms with Crippen molar-refractivity contribution < 1.29 is 26.4 Å². The lowest BCUT2D eigenvalue weighted by molar-refractivity contribution is -0.137. The van der Waals surface area contributed by atoms with Crippen molar-refractivity contribution in [2.45, 2.75) is 11.1 Å². The molecule has 0 aliphatic rings. The van der Waals surface area contributed by atoms with Gasteiger partial charge >= 0.3 is 6.18 Å². The number of carbonyl (C=O) groups excluding carboxylic acids is 1. The van der Waals surface area contributed by atoms with Gasteiger partial charge in [-0.3, -0.25) is 4.79 Å². The molecule has 158 valence electrons. The molecule has 0 saturated carbocycles. The molecule has 5 nitrogen and oxygen atoms in total. The molecule has 0 atom stereocenters. The Labute approximate surface area is 176 Å². The topological polar surface area (TPSA) is 66.5 Å². The molecular formula is C20H16ClF3N2O3S. The first-order valence-electron chi connectivity index (χ1n) is 8.61. The third-order valence-corrected chi connectivity index (χ3v) is 6.66. The summed E-state index contributed by atoms with van der Waals surface area (Å²) in [6.07, 6.45) is -4.74. The first-order chi connectivity index (χ1) is 14.0. The van der Waals surface area contributed by atoms with Crippen LogP contribution < -0.4 is 5.32 Å². The van der Waals surface area contributed by atoms with Crippen molar-refractivity contribution in [2.24, 2.45) is 0 Å². The third-order valence-electron chi connectivity index (χ3n) is 4.38. The molecule has 0 fully saturated rings. The highest BCUT2D eigenvalue weighted by Gasteiger charge is 2.34. The molecule has 0 aliphatic carbocycles. The van der Waals surface area contributed by atoms with E-state index in [9.17, 15) is 26.4 Å². The summed E-state index contributed by atoms with van der Waals surface area (Å²) in [5.41, 5.74) is -0.667. The Morgan fingerprint density at radius 1 is 1.07 bits per heavy atom. The Bertz CT molecular complexity index is 1210. The zero-order valence-electron chi connectivity index (χ0n) is 15.6. The summed E-state index contributed by atoms with van der Waals surface area (Å²) in [5, 5.41) is 3.91. The lowest BCUT2D eigenvalue weighted by Crippen LogP contribution is -2.35. The van der Waals surface area contributed by atoms with Gasteiger partial charge in [0.15, 0.2) is 0 Å². The second kappa shape index (κ2) is 8.25. The predicted octanol–water partition coefficient (Wildman–Crippen LogP) is 4.77. The zero-order valence-corrected chi connectivity index (χ0v) is 17.1. The van der Waals surface area contributed by atoms with Crippen molar-refractivity contribution in [3.63, 3.8) is 0 Å². The quantitative estimate of drug-likeness (QED) is 0.601. The minimum absolute atomic E-state index is 0.371. The monoisotopic (exact) mass is 456 g/mol. The maximum Gasteiger partial charge on any atom is 0.416 e. The largest absolute Gasteiger partial charge is 0.416 e. The van der Waals surface area contributed by atoms with Crippen LogP contribution in [0.4, 0.5) is 18.9 Å². The third kappa shape index (κ3) is 4.58. The Morgan fingerprint density at radius 2 is 1.73 bits per heavy atom. The number of hydrogen-bond donors (Lipinski definition) is 1. The standard InChI is InChI=1S/C20H16ClF3N2O3S/c1-26(30(28,29)18-11-14(20(22,23)24)9-10-16(18)21)12-19(27)25-17-8-4-6-13-5-2-3-7-15(13)17/h2-11H,12H2,1H3,(H,25,27). The average molecular weight is 457 g/mol. The van der Waals surface area contributed by atoms with Gasteiger partial charge in [-0.05, 0) is 29.7 Å². The van der Waals surface area contributed by atoms with Crippen LogP contribution in [0.25, 0.3) is 10.8 Å². The SMILES string of the molecule is CN(CC(=O)Nc1cccc2ccccc12)S(=O)(=O)c1cc(C(F)(F)F)ccc1Cl. The minimum atomic E-state index is -4.74. The molecular weight excluding hydrogens is 441 g/mol. The fourth-order valence-corrected chi connectivity index (χ4v) is 4.48. The first-order valence-corrected chi connectivity index (χ1v) is 10.4. The number of amides is 1. The predicted molar refractivity (Wildman–Crippen MR) is 109 cm³/mol. The Balaban J connectivity index is 1.83. The smallest absolute Gasteiger partial charge is 0.324 e. The van der Waals surface area contributed by atoms with E-state index in [1.807, 2.05) is 18.2 Å². The van der Waals surface area contributed by atoms with E-state index in [2.05, 4.69) is 5.32 Å². The normalized spacial score (nSPS) is 12.3. The van der Waals surface area contributed by atoms with Gasteiger partial charge in [-0.2, -0.15) is 17.5 Å². The van der Waals surface area contributed by atoms with Crippen LogP contribution in [0.2, 0.25) is 5.02 Å². The molecule has 30 heavy (non-hydrogen) atoms. The maximum absolute atomic E-state index is 13.0. The molecule has 10 heteroatoms. The van der Waals surface area contributed by atoms with Gasteiger partial charge in [0, 0.05) is 18.1 Å². The van der Waals surface area contributed by atoms with E-state index in [0.717, 1.165) is 23.9 Å². The summed E-state index contributed by atoms with van der Waals surface area (Å²) >= 11 is 5.83. The number of carbonyl (C=O) groups is 1. The van der Waals surface area contributed by atoms with Gasteiger partial charge in [0.1, 0.15) is 4.90 Å². The number of nitrogens with one attached hydrogen (secondary N) is 1. The van der Waals surface area contributed by atoms with Crippen LogP contribution in [0.5, 0.6) is 0 Å². The van der Waals surface area contributed by atoms with Crippen LogP contribution in [0.1, 0.15) is 5.56 Å². The average Bonchev–Trinajstić information content (AvgIpc) is 2.67. The van der Waals surface area contributed by atoms with Crippen molar-refractivity contribution in [2.75, 3.05) is 18.9 Å². The molecule has 0 spiro atoms. The summed E-state index contributed by atoms with van der Waals surface area (Å²) in [5.74, 6) is -0.652. The molecule has 0 radical (unpaired) electrons. The van der Waals surface area contributed by atoms with Crippen LogP contribution in [0.3, 0.4) is 0 Å². The van der Waals surface area contributed by atoms with Crippen LogP contribution in [-0.2, 0) is 21.0 Å². The van der Waals surface area contributed by atoms with Gasteiger partial charge in [0.2, 0.25) is 15.9 Å². The summed E-state index contributed by atoms with van der Waals surface area (Å²) in [4.78, 5) is 11.7. The second-order valence-electron chi connectivity index (χ2n) is 6.48. The van der Waals surface area contributed by atoms with Gasteiger partial charge in [0.25, 0.3) is 0 Å². The van der Waals surface area contributed by atoms with Gasteiger partial charge in [-0.25, -0.2) is 8.42 Å². The molecule has 0 bridgehead atoms. The number of hydrogen-bond acceptors (Lipinski definition) is 3. The second-order valence-corrected chi connectivity index (χ2v) is 8.90. The van der Waals surface area contributed by atoms with Crippen molar-refractivity contribution in [3.05, 3.63) is 71.2 Å². The fraction of sp³-hybridized carbons (Fsp3) is 0.150. The van der Waals surface area contributed by atoms with E-state index >= 15 is 0 Å². The van der Waals surface area contributed by atoms with Crippen LogP contribution in [-0.4, -0.2) is 32.2 Å². The van der Waals surface area contributed by atoms with Crippen LogP contribution >= 0.6 is 11.6 Å².